The molecule has 2 aliphatic rings. The molecule has 1 heterocycles. The number of carboxylic acid groups (broad SMARTS) is 1. The molecule has 2 rings (SSSR count). The molecule has 3 N–H and O–H groups in total. The third-order valence-electron chi connectivity index (χ3n) is 4.62. The second kappa shape index (κ2) is 7.64. The summed E-state index contributed by atoms with van der Waals surface area (Å²) in [5, 5.41) is 14.7. The molecule has 1 saturated heterocycles. The number of carbonyl (C=O) groups excluding carboxylic acids is 1. The van der Waals surface area contributed by atoms with Crippen molar-refractivity contribution >= 4 is 12.0 Å². The van der Waals surface area contributed by atoms with Crippen molar-refractivity contribution in [2.45, 2.75) is 70.1 Å². The van der Waals surface area contributed by atoms with Crippen LogP contribution in [0.3, 0.4) is 0 Å². The van der Waals surface area contributed by atoms with Gasteiger partial charge < -0.3 is 20.5 Å². The van der Waals surface area contributed by atoms with Gasteiger partial charge in [0.25, 0.3) is 0 Å². The Morgan fingerprint density at radius 1 is 1.19 bits per heavy atom. The van der Waals surface area contributed by atoms with Crippen molar-refractivity contribution in [2.75, 3.05) is 6.54 Å². The van der Waals surface area contributed by atoms with Gasteiger partial charge in [0.05, 0.1) is 6.10 Å². The van der Waals surface area contributed by atoms with E-state index in [-0.39, 0.29) is 18.2 Å². The molecule has 0 aromatic carbocycles. The molecule has 0 spiro atoms. The number of carboxylic acids is 1. The molecule has 21 heavy (non-hydrogen) atoms. The Hall–Kier alpha value is -1.30. The summed E-state index contributed by atoms with van der Waals surface area (Å²) in [6, 6.07) is 0.0998. The third kappa shape index (κ3) is 4.59. The van der Waals surface area contributed by atoms with Gasteiger partial charge >= 0.3 is 12.0 Å². The van der Waals surface area contributed by atoms with Crippen molar-refractivity contribution in [1.82, 2.24) is 10.6 Å². The van der Waals surface area contributed by atoms with Gasteiger partial charge in [-0.15, -0.1) is 0 Å². The Bertz CT molecular complexity index is 375. The second-order valence-electron chi connectivity index (χ2n) is 6.08. The fraction of sp³-hybridized carbons (Fsp3) is 0.867. The lowest BCUT2D eigenvalue weighted by Gasteiger charge is -2.31. The first-order valence-corrected chi connectivity index (χ1v) is 8.02. The SMILES string of the molecule is CCC1CCCCC1NC(=O)NCC1CCC(C(=O)O)O1. The van der Waals surface area contributed by atoms with E-state index in [0.717, 1.165) is 12.8 Å². The number of nitrogens with one attached hydrogen (secondary N) is 2. The van der Waals surface area contributed by atoms with Crippen LogP contribution in [0.15, 0.2) is 0 Å². The average molecular weight is 298 g/mol. The fourth-order valence-corrected chi connectivity index (χ4v) is 3.35. The van der Waals surface area contributed by atoms with Gasteiger partial charge in [0.2, 0.25) is 0 Å². The maximum Gasteiger partial charge on any atom is 0.332 e. The molecule has 0 bridgehead atoms. The molecule has 1 saturated carbocycles. The fourth-order valence-electron chi connectivity index (χ4n) is 3.35. The van der Waals surface area contributed by atoms with Crippen LogP contribution >= 0.6 is 0 Å². The van der Waals surface area contributed by atoms with E-state index < -0.39 is 12.1 Å². The van der Waals surface area contributed by atoms with Gasteiger partial charge in [0, 0.05) is 12.6 Å². The topological polar surface area (TPSA) is 87.7 Å². The van der Waals surface area contributed by atoms with Crippen LogP contribution in [0.5, 0.6) is 0 Å². The Morgan fingerprint density at radius 2 is 1.95 bits per heavy atom. The Morgan fingerprint density at radius 3 is 2.62 bits per heavy atom. The van der Waals surface area contributed by atoms with Gasteiger partial charge in [-0.25, -0.2) is 9.59 Å². The highest BCUT2D eigenvalue weighted by atomic mass is 16.5. The van der Waals surface area contributed by atoms with Crippen LogP contribution in [0.25, 0.3) is 0 Å². The molecule has 0 radical (unpaired) electrons. The van der Waals surface area contributed by atoms with Gasteiger partial charge in [-0.05, 0) is 31.6 Å². The summed E-state index contributed by atoms with van der Waals surface area (Å²) in [6.45, 7) is 2.54. The number of amides is 2. The van der Waals surface area contributed by atoms with Crippen LogP contribution in [-0.2, 0) is 9.53 Å². The standard InChI is InChI=1S/C15H26N2O4/c1-2-10-5-3-4-6-12(10)17-15(20)16-9-11-7-8-13(21-11)14(18)19/h10-13H,2-9H2,1H3,(H,18,19)(H2,16,17,20). The first-order valence-electron chi connectivity index (χ1n) is 8.02. The minimum atomic E-state index is -0.921. The summed E-state index contributed by atoms with van der Waals surface area (Å²) in [5.41, 5.74) is 0. The predicted molar refractivity (Wildman–Crippen MR) is 78.1 cm³/mol. The predicted octanol–water partition coefficient (Wildman–Crippen LogP) is 1.89. The maximum absolute atomic E-state index is 12.0. The minimum Gasteiger partial charge on any atom is -0.479 e. The molecule has 1 aliphatic heterocycles. The Labute approximate surface area is 125 Å². The molecular weight excluding hydrogens is 272 g/mol. The summed E-state index contributed by atoms with van der Waals surface area (Å²) in [7, 11) is 0. The lowest BCUT2D eigenvalue weighted by atomic mass is 9.83. The van der Waals surface area contributed by atoms with Crippen molar-refractivity contribution in [3.05, 3.63) is 0 Å². The normalized spacial score (nSPS) is 32.6. The quantitative estimate of drug-likeness (QED) is 0.723. The van der Waals surface area contributed by atoms with E-state index in [1.54, 1.807) is 0 Å². The van der Waals surface area contributed by atoms with Crippen molar-refractivity contribution in [2.24, 2.45) is 5.92 Å². The highest BCUT2D eigenvalue weighted by Gasteiger charge is 2.31. The highest BCUT2D eigenvalue weighted by molar-refractivity contribution is 5.74. The van der Waals surface area contributed by atoms with Gasteiger partial charge in [-0.1, -0.05) is 26.2 Å². The molecule has 6 nitrogen and oxygen atoms in total. The summed E-state index contributed by atoms with van der Waals surface area (Å²) in [4.78, 5) is 22.7. The molecule has 0 aromatic heterocycles. The van der Waals surface area contributed by atoms with E-state index >= 15 is 0 Å². The molecule has 0 aromatic rings. The van der Waals surface area contributed by atoms with Gasteiger partial charge in [-0.2, -0.15) is 0 Å². The third-order valence-corrected chi connectivity index (χ3v) is 4.62. The van der Waals surface area contributed by atoms with Crippen LogP contribution in [0, 0.1) is 5.92 Å². The average Bonchev–Trinajstić information content (AvgIpc) is 2.95. The Balaban J connectivity index is 1.69. The van der Waals surface area contributed by atoms with E-state index in [1.807, 2.05) is 0 Å². The van der Waals surface area contributed by atoms with E-state index in [9.17, 15) is 9.59 Å². The highest BCUT2D eigenvalue weighted by Crippen LogP contribution is 2.26. The van der Waals surface area contributed by atoms with Crippen molar-refractivity contribution in [3.63, 3.8) is 0 Å². The van der Waals surface area contributed by atoms with Gasteiger partial charge in [0.15, 0.2) is 6.10 Å². The van der Waals surface area contributed by atoms with Gasteiger partial charge in [-0.3, -0.25) is 0 Å². The van der Waals surface area contributed by atoms with Crippen molar-refractivity contribution in [3.8, 4) is 0 Å². The molecule has 1 aliphatic carbocycles. The zero-order valence-electron chi connectivity index (χ0n) is 12.6. The molecule has 120 valence electrons. The number of carbonyl (C=O) groups is 2. The minimum absolute atomic E-state index is 0.164. The van der Waals surface area contributed by atoms with Crippen LogP contribution in [0.4, 0.5) is 4.79 Å². The van der Waals surface area contributed by atoms with E-state index in [2.05, 4.69) is 17.6 Å². The van der Waals surface area contributed by atoms with E-state index in [1.165, 1.54) is 19.3 Å². The summed E-state index contributed by atoms with van der Waals surface area (Å²) >= 11 is 0. The number of aliphatic carboxylic acids is 1. The number of hydrogen-bond donors (Lipinski definition) is 3. The van der Waals surface area contributed by atoms with Crippen LogP contribution < -0.4 is 10.6 Å². The van der Waals surface area contributed by atoms with Crippen LogP contribution in [0.2, 0.25) is 0 Å². The largest absolute Gasteiger partial charge is 0.479 e. The summed E-state index contributed by atoms with van der Waals surface area (Å²) < 4.78 is 5.36. The first-order chi connectivity index (χ1) is 10.1. The second-order valence-corrected chi connectivity index (χ2v) is 6.08. The molecular formula is C15H26N2O4. The van der Waals surface area contributed by atoms with Crippen molar-refractivity contribution < 1.29 is 19.4 Å². The van der Waals surface area contributed by atoms with Gasteiger partial charge in [0.1, 0.15) is 0 Å². The number of ether oxygens (including phenoxy) is 1. The molecule has 2 amide bonds. The molecule has 6 heteroatoms. The van der Waals surface area contributed by atoms with Crippen LogP contribution in [0.1, 0.15) is 51.9 Å². The number of urea groups is 1. The maximum atomic E-state index is 12.0. The Kier molecular flexibility index (Phi) is 5.85. The first kappa shape index (κ1) is 16.1. The number of rotatable bonds is 5. The molecule has 4 atom stereocenters. The van der Waals surface area contributed by atoms with E-state index in [0.29, 0.717) is 25.3 Å². The number of hydrogen-bond acceptors (Lipinski definition) is 3. The molecule has 2 fully saturated rings. The van der Waals surface area contributed by atoms with E-state index in [4.69, 9.17) is 9.84 Å². The summed E-state index contributed by atoms with van der Waals surface area (Å²) in [5.74, 6) is -0.349. The lowest BCUT2D eigenvalue weighted by molar-refractivity contribution is -0.149. The zero-order chi connectivity index (χ0) is 15.2. The summed E-state index contributed by atoms with van der Waals surface area (Å²) in [6.07, 6.45) is 6.05. The van der Waals surface area contributed by atoms with Crippen LogP contribution in [-0.4, -0.2) is 41.9 Å². The smallest absolute Gasteiger partial charge is 0.332 e. The monoisotopic (exact) mass is 298 g/mol. The lowest BCUT2D eigenvalue weighted by Crippen LogP contribution is -2.48. The van der Waals surface area contributed by atoms with Crippen molar-refractivity contribution in [1.29, 1.82) is 0 Å². The molecule has 4 unspecified atom stereocenters. The zero-order valence-corrected chi connectivity index (χ0v) is 12.6.